The van der Waals surface area contributed by atoms with Crippen LogP contribution in [0.15, 0.2) is 0 Å². The maximum atomic E-state index is 11.2. The number of aliphatic hydroxyl groups is 1. The lowest BCUT2D eigenvalue weighted by atomic mass is 9.69. The van der Waals surface area contributed by atoms with Gasteiger partial charge in [0.1, 0.15) is 6.29 Å². The maximum absolute atomic E-state index is 11.2. The third-order valence-electron chi connectivity index (χ3n) is 3.88. The van der Waals surface area contributed by atoms with Gasteiger partial charge in [-0.3, -0.25) is 0 Å². The molecule has 2 unspecified atom stereocenters. The van der Waals surface area contributed by atoms with E-state index in [0.717, 1.165) is 38.4 Å². The Morgan fingerprint density at radius 3 is 2.50 bits per heavy atom. The fourth-order valence-corrected chi connectivity index (χ4v) is 2.94. The van der Waals surface area contributed by atoms with Crippen LogP contribution in [-0.4, -0.2) is 30.7 Å². The van der Waals surface area contributed by atoms with Gasteiger partial charge >= 0.3 is 0 Å². The van der Waals surface area contributed by atoms with Gasteiger partial charge in [-0.1, -0.05) is 6.42 Å². The van der Waals surface area contributed by atoms with Gasteiger partial charge in [0, 0.05) is 18.6 Å². The molecule has 80 valence electrons. The minimum atomic E-state index is -0.284. The third-order valence-corrected chi connectivity index (χ3v) is 3.88. The van der Waals surface area contributed by atoms with E-state index >= 15 is 0 Å². The zero-order chi connectivity index (χ0) is 10.0. The molecule has 0 bridgehead atoms. The highest BCUT2D eigenvalue weighted by atomic mass is 16.5. The van der Waals surface area contributed by atoms with Crippen molar-refractivity contribution in [1.29, 1.82) is 0 Å². The number of rotatable bonds is 2. The monoisotopic (exact) mass is 198 g/mol. The van der Waals surface area contributed by atoms with Crippen LogP contribution in [-0.2, 0) is 9.53 Å². The predicted octanol–water partition coefficient (Wildman–Crippen LogP) is 1.14. The molecule has 0 aromatic heterocycles. The number of ether oxygens (including phenoxy) is 1. The second-order valence-corrected chi connectivity index (χ2v) is 4.57. The highest BCUT2D eigenvalue weighted by molar-refractivity contribution is 5.60. The highest BCUT2D eigenvalue weighted by Crippen LogP contribution is 2.44. The minimum Gasteiger partial charge on any atom is -0.393 e. The van der Waals surface area contributed by atoms with E-state index in [-0.39, 0.29) is 17.4 Å². The molecule has 0 radical (unpaired) electrons. The Balaban J connectivity index is 2.13. The standard InChI is InChI=1S/C11H18O3/c12-8-11(4-6-14-7-5-11)9-2-1-3-10(9)13/h8-10,13H,1-7H2. The van der Waals surface area contributed by atoms with E-state index in [2.05, 4.69) is 0 Å². The second-order valence-electron chi connectivity index (χ2n) is 4.57. The molecule has 2 atom stereocenters. The van der Waals surface area contributed by atoms with Crippen molar-refractivity contribution >= 4 is 6.29 Å². The van der Waals surface area contributed by atoms with Crippen molar-refractivity contribution in [2.24, 2.45) is 11.3 Å². The van der Waals surface area contributed by atoms with Crippen molar-refractivity contribution in [3.63, 3.8) is 0 Å². The van der Waals surface area contributed by atoms with Crippen molar-refractivity contribution in [3.8, 4) is 0 Å². The summed E-state index contributed by atoms with van der Waals surface area (Å²) in [4.78, 5) is 11.2. The molecule has 1 aliphatic heterocycles. The number of aldehydes is 1. The fourth-order valence-electron chi connectivity index (χ4n) is 2.94. The average Bonchev–Trinajstić information content (AvgIpc) is 2.66. The van der Waals surface area contributed by atoms with Crippen LogP contribution in [0.4, 0.5) is 0 Å². The van der Waals surface area contributed by atoms with Gasteiger partial charge in [-0.15, -0.1) is 0 Å². The van der Waals surface area contributed by atoms with Crippen LogP contribution in [0.5, 0.6) is 0 Å². The fraction of sp³-hybridized carbons (Fsp3) is 0.909. The second kappa shape index (κ2) is 3.99. The SMILES string of the molecule is O=CC1(C2CCCC2O)CCOCC1. The van der Waals surface area contributed by atoms with E-state index in [1.54, 1.807) is 0 Å². The molecule has 3 nitrogen and oxygen atoms in total. The van der Waals surface area contributed by atoms with Gasteiger partial charge in [-0.25, -0.2) is 0 Å². The predicted molar refractivity (Wildman–Crippen MR) is 51.9 cm³/mol. The van der Waals surface area contributed by atoms with E-state index in [0.29, 0.717) is 13.2 Å². The molecule has 3 heteroatoms. The first kappa shape index (κ1) is 10.1. The normalized spacial score (nSPS) is 36.9. The summed E-state index contributed by atoms with van der Waals surface area (Å²) in [6, 6.07) is 0. The molecule has 1 heterocycles. The van der Waals surface area contributed by atoms with Crippen molar-refractivity contribution in [2.45, 2.75) is 38.2 Å². The van der Waals surface area contributed by atoms with Crippen LogP contribution >= 0.6 is 0 Å². The summed E-state index contributed by atoms with van der Waals surface area (Å²) in [6.07, 6.45) is 5.31. The molecule has 2 fully saturated rings. The smallest absolute Gasteiger partial charge is 0.126 e. The van der Waals surface area contributed by atoms with E-state index in [1.807, 2.05) is 0 Å². The topological polar surface area (TPSA) is 46.5 Å². The highest BCUT2D eigenvalue weighted by Gasteiger charge is 2.45. The van der Waals surface area contributed by atoms with Crippen LogP contribution in [0, 0.1) is 11.3 Å². The van der Waals surface area contributed by atoms with Crippen LogP contribution in [0.3, 0.4) is 0 Å². The maximum Gasteiger partial charge on any atom is 0.126 e. The summed E-state index contributed by atoms with van der Waals surface area (Å²) in [5.41, 5.74) is -0.284. The van der Waals surface area contributed by atoms with Crippen molar-refractivity contribution in [3.05, 3.63) is 0 Å². The van der Waals surface area contributed by atoms with E-state index < -0.39 is 0 Å². The van der Waals surface area contributed by atoms with Gasteiger partial charge < -0.3 is 14.6 Å². The number of hydrogen-bond acceptors (Lipinski definition) is 3. The summed E-state index contributed by atoms with van der Waals surface area (Å²) in [5.74, 6) is 0.184. The summed E-state index contributed by atoms with van der Waals surface area (Å²) >= 11 is 0. The number of aliphatic hydroxyl groups excluding tert-OH is 1. The van der Waals surface area contributed by atoms with E-state index in [1.165, 1.54) is 0 Å². The molecule has 0 aromatic carbocycles. The first-order valence-electron chi connectivity index (χ1n) is 5.51. The zero-order valence-corrected chi connectivity index (χ0v) is 8.45. The molecule has 1 N–H and O–H groups in total. The Morgan fingerprint density at radius 2 is 2.00 bits per heavy atom. The summed E-state index contributed by atoms with van der Waals surface area (Å²) in [5, 5.41) is 9.84. The lowest BCUT2D eigenvalue weighted by Crippen LogP contribution is -2.41. The van der Waals surface area contributed by atoms with Gasteiger partial charge in [0.15, 0.2) is 0 Å². The van der Waals surface area contributed by atoms with Gasteiger partial charge in [0.05, 0.1) is 6.10 Å². The molecule has 0 spiro atoms. The molecule has 0 amide bonds. The molecule has 2 aliphatic rings. The number of hydrogen-bond donors (Lipinski definition) is 1. The largest absolute Gasteiger partial charge is 0.393 e. The Bertz CT molecular complexity index is 209. The third kappa shape index (κ3) is 1.59. The van der Waals surface area contributed by atoms with Crippen LogP contribution < -0.4 is 0 Å². The molecule has 1 aliphatic carbocycles. The van der Waals surface area contributed by atoms with E-state index in [9.17, 15) is 9.90 Å². The Kier molecular flexibility index (Phi) is 2.88. The molecule has 0 aromatic rings. The number of carbonyl (C=O) groups is 1. The first-order chi connectivity index (χ1) is 6.78. The quantitative estimate of drug-likeness (QED) is 0.677. The molecular formula is C11H18O3. The molecule has 1 saturated heterocycles. The Morgan fingerprint density at radius 1 is 1.29 bits per heavy atom. The Hall–Kier alpha value is -0.410. The lowest BCUT2D eigenvalue weighted by Gasteiger charge is -2.38. The van der Waals surface area contributed by atoms with Gasteiger partial charge in [0.25, 0.3) is 0 Å². The minimum absolute atomic E-state index is 0.184. The molecule has 14 heavy (non-hydrogen) atoms. The lowest BCUT2D eigenvalue weighted by molar-refractivity contribution is -0.129. The average molecular weight is 198 g/mol. The number of carbonyl (C=O) groups excluding carboxylic acids is 1. The van der Waals surface area contributed by atoms with Crippen molar-refractivity contribution < 1.29 is 14.6 Å². The van der Waals surface area contributed by atoms with Gasteiger partial charge in [-0.05, 0) is 31.6 Å². The molecule has 1 saturated carbocycles. The molecular weight excluding hydrogens is 180 g/mol. The first-order valence-corrected chi connectivity index (χ1v) is 5.51. The summed E-state index contributed by atoms with van der Waals surface area (Å²) in [7, 11) is 0. The van der Waals surface area contributed by atoms with Crippen LogP contribution in [0.1, 0.15) is 32.1 Å². The van der Waals surface area contributed by atoms with Crippen LogP contribution in [0.2, 0.25) is 0 Å². The molecule has 2 rings (SSSR count). The summed E-state index contributed by atoms with van der Waals surface area (Å²) < 4.78 is 5.28. The van der Waals surface area contributed by atoms with Crippen molar-refractivity contribution in [2.75, 3.05) is 13.2 Å². The van der Waals surface area contributed by atoms with Crippen LogP contribution in [0.25, 0.3) is 0 Å². The van der Waals surface area contributed by atoms with Gasteiger partial charge in [-0.2, -0.15) is 0 Å². The zero-order valence-electron chi connectivity index (χ0n) is 8.45. The van der Waals surface area contributed by atoms with Crippen molar-refractivity contribution in [1.82, 2.24) is 0 Å². The Labute approximate surface area is 84.4 Å². The van der Waals surface area contributed by atoms with E-state index in [4.69, 9.17) is 4.74 Å². The van der Waals surface area contributed by atoms with Gasteiger partial charge in [0.2, 0.25) is 0 Å². The summed E-state index contributed by atoms with van der Waals surface area (Å²) in [6.45, 7) is 1.34.